The van der Waals surface area contributed by atoms with Gasteiger partial charge in [0, 0.05) is 18.7 Å². The molecule has 1 atom stereocenters. The number of amides is 1. The van der Waals surface area contributed by atoms with Gasteiger partial charge >= 0.3 is 0 Å². The lowest BCUT2D eigenvalue weighted by Gasteiger charge is -2.34. The first-order valence-electron chi connectivity index (χ1n) is 7.59. The van der Waals surface area contributed by atoms with Gasteiger partial charge in [0.15, 0.2) is 0 Å². The van der Waals surface area contributed by atoms with Crippen LogP contribution < -0.4 is 10.6 Å². The highest BCUT2D eigenvalue weighted by Crippen LogP contribution is 2.24. The van der Waals surface area contributed by atoms with Crippen molar-refractivity contribution in [2.45, 2.75) is 39.5 Å². The van der Waals surface area contributed by atoms with E-state index in [1.807, 2.05) is 24.3 Å². The second-order valence-corrected chi connectivity index (χ2v) is 6.55. The maximum absolute atomic E-state index is 12.2. The minimum atomic E-state index is 0.0344. The predicted molar refractivity (Wildman–Crippen MR) is 83.1 cm³/mol. The van der Waals surface area contributed by atoms with Crippen LogP contribution in [0.15, 0.2) is 24.3 Å². The van der Waals surface area contributed by atoms with Gasteiger partial charge in [-0.1, -0.05) is 32.9 Å². The SMILES string of the molecule is CC(C)c1ccc(C(=O)NCC2(C)CCCNC2)cc1. The number of hydrogen-bond acceptors (Lipinski definition) is 2. The number of hydrogen-bond donors (Lipinski definition) is 2. The van der Waals surface area contributed by atoms with Crippen LogP contribution in [0.3, 0.4) is 0 Å². The number of benzene rings is 1. The molecule has 2 rings (SSSR count). The summed E-state index contributed by atoms with van der Waals surface area (Å²) in [6, 6.07) is 7.94. The Morgan fingerprint density at radius 1 is 1.35 bits per heavy atom. The number of carbonyl (C=O) groups is 1. The lowest BCUT2D eigenvalue weighted by Crippen LogP contribution is -2.45. The second kappa shape index (κ2) is 6.40. The Hall–Kier alpha value is -1.35. The molecule has 0 aromatic heterocycles. The third kappa shape index (κ3) is 3.83. The van der Waals surface area contributed by atoms with Gasteiger partial charge in [-0.15, -0.1) is 0 Å². The fraction of sp³-hybridized carbons (Fsp3) is 0.588. The van der Waals surface area contributed by atoms with Gasteiger partial charge in [-0.2, -0.15) is 0 Å². The smallest absolute Gasteiger partial charge is 0.251 e. The monoisotopic (exact) mass is 274 g/mol. The summed E-state index contributed by atoms with van der Waals surface area (Å²) in [5.74, 6) is 0.534. The molecule has 1 aliphatic rings. The Morgan fingerprint density at radius 3 is 2.60 bits per heavy atom. The lowest BCUT2D eigenvalue weighted by molar-refractivity contribution is 0.0924. The summed E-state index contributed by atoms with van der Waals surface area (Å²) in [7, 11) is 0. The van der Waals surface area contributed by atoms with Crippen molar-refractivity contribution >= 4 is 5.91 Å². The molecule has 3 heteroatoms. The highest BCUT2D eigenvalue weighted by atomic mass is 16.1. The van der Waals surface area contributed by atoms with E-state index in [4.69, 9.17) is 0 Å². The van der Waals surface area contributed by atoms with Crippen molar-refractivity contribution in [3.63, 3.8) is 0 Å². The molecule has 2 N–H and O–H groups in total. The Kier molecular flexibility index (Phi) is 4.81. The highest BCUT2D eigenvalue weighted by molar-refractivity contribution is 5.94. The van der Waals surface area contributed by atoms with Crippen LogP contribution >= 0.6 is 0 Å². The van der Waals surface area contributed by atoms with Gasteiger partial charge in [0.2, 0.25) is 0 Å². The fourth-order valence-electron chi connectivity index (χ4n) is 2.68. The first kappa shape index (κ1) is 15.0. The number of piperidine rings is 1. The normalized spacial score (nSPS) is 22.8. The van der Waals surface area contributed by atoms with Gasteiger partial charge in [0.25, 0.3) is 5.91 Å². The molecule has 0 aliphatic carbocycles. The fourth-order valence-corrected chi connectivity index (χ4v) is 2.68. The van der Waals surface area contributed by atoms with E-state index in [9.17, 15) is 4.79 Å². The van der Waals surface area contributed by atoms with E-state index in [-0.39, 0.29) is 11.3 Å². The van der Waals surface area contributed by atoms with E-state index in [2.05, 4.69) is 31.4 Å². The zero-order valence-corrected chi connectivity index (χ0v) is 12.8. The van der Waals surface area contributed by atoms with Crippen LogP contribution in [0.4, 0.5) is 0 Å². The molecule has 1 saturated heterocycles. The van der Waals surface area contributed by atoms with E-state index in [1.165, 1.54) is 18.4 Å². The van der Waals surface area contributed by atoms with Crippen LogP contribution in [0.2, 0.25) is 0 Å². The molecule has 1 unspecified atom stereocenters. The van der Waals surface area contributed by atoms with Gasteiger partial charge < -0.3 is 10.6 Å². The van der Waals surface area contributed by atoms with Gasteiger partial charge in [-0.3, -0.25) is 4.79 Å². The highest BCUT2D eigenvalue weighted by Gasteiger charge is 2.27. The zero-order chi connectivity index (χ0) is 14.6. The summed E-state index contributed by atoms with van der Waals surface area (Å²) in [6.07, 6.45) is 2.36. The van der Waals surface area contributed by atoms with Gasteiger partial charge in [-0.05, 0) is 48.4 Å². The maximum Gasteiger partial charge on any atom is 0.251 e. The molecule has 1 aliphatic heterocycles. The quantitative estimate of drug-likeness (QED) is 0.886. The van der Waals surface area contributed by atoms with E-state index in [1.54, 1.807) is 0 Å². The van der Waals surface area contributed by atoms with Crippen molar-refractivity contribution in [2.75, 3.05) is 19.6 Å². The Balaban J connectivity index is 1.91. The summed E-state index contributed by atoms with van der Waals surface area (Å²) < 4.78 is 0. The summed E-state index contributed by atoms with van der Waals surface area (Å²) in [4.78, 5) is 12.2. The first-order chi connectivity index (χ1) is 9.50. The van der Waals surface area contributed by atoms with Crippen molar-refractivity contribution in [1.82, 2.24) is 10.6 Å². The molecule has 1 aromatic rings. The largest absolute Gasteiger partial charge is 0.351 e. The molecule has 1 amide bonds. The molecule has 0 bridgehead atoms. The van der Waals surface area contributed by atoms with Crippen LogP contribution in [0.5, 0.6) is 0 Å². The third-order valence-corrected chi connectivity index (χ3v) is 4.20. The van der Waals surface area contributed by atoms with Crippen LogP contribution in [0, 0.1) is 5.41 Å². The van der Waals surface area contributed by atoms with E-state index < -0.39 is 0 Å². The number of nitrogens with one attached hydrogen (secondary N) is 2. The topological polar surface area (TPSA) is 41.1 Å². The first-order valence-corrected chi connectivity index (χ1v) is 7.59. The Morgan fingerprint density at radius 2 is 2.05 bits per heavy atom. The lowest BCUT2D eigenvalue weighted by atomic mass is 9.83. The standard InChI is InChI=1S/C17H26N2O/c1-13(2)14-5-7-15(8-6-14)16(20)19-12-17(3)9-4-10-18-11-17/h5-8,13,18H,4,9-12H2,1-3H3,(H,19,20). The molecule has 1 heterocycles. The van der Waals surface area contributed by atoms with Crippen LogP contribution in [-0.2, 0) is 0 Å². The van der Waals surface area contributed by atoms with Crippen LogP contribution in [0.25, 0.3) is 0 Å². The van der Waals surface area contributed by atoms with E-state index in [0.29, 0.717) is 5.92 Å². The average Bonchev–Trinajstić information content (AvgIpc) is 2.46. The number of carbonyl (C=O) groups excluding carboxylic acids is 1. The molecule has 20 heavy (non-hydrogen) atoms. The van der Waals surface area contributed by atoms with Gasteiger partial charge in [-0.25, -0.2) is 0 Å². The summed E-state index contributed by atoms with van der Waals surface area (Å²) in [5.41, 5.74) is 2.21. The molecule has 1 fully saturated rings. The molecular weight excluding hydrogens is 248 g/mol. The van der Waals surface area contributed by atoms with Gasteiger partial charge in [0.1, 0.15) is 0 Å². The summed E-state index contributed by atoms with van der Waals surface area (Å²) in [6.45, 7) is 9.38. The minimum Gasteiger partial charge on any atom is -0.351 e. The number of rotatable bonds is 4. The van der Waals surface area contributed by atoms with Crippen LogP contribution in [-0.4, -0.2) is 25.5 Å². The van der Waals surface area contributed by atoms with Crippen molar-refractivity contribution in [1.29, 1.82) is 0 Å². The second-order valence-electron chi connectivity index (χ2n) is 6.55. The summed E-state index contributed by atoms with van der Waals surface area (Å²) in [5, 5.41) is 6.49. The van der Waals surface area contributed by atoms with E-state index in [0.717, 1.165) is 25.2 Å². The molecular formula is C17H26N2O. The maximum atomic E-state index is 12.2. The van der Waals surface area contributed by atoms with Crippen molar-refractivity contribution in [3.8, 4) is 0 Å². The molecule has 110 valence electrons. The van der Waals surface area contributed by atoms with Crippen molar-refractivity contribution in [2.24, 2.45) is 5.41 Å². The Bertz CT molecular complexity index is 445. The van der Waals surface area contributed by atoms with Crippen molar-refractivity contribution < 1.29 is 4.79 Å². The molecule has 1 aromatic carbocycles. The molecule has 0 spiro atoms. The Labute approximate surface area is 122 Å². The van der Waals surface area contributed by atoms with Gasteiger partial charge in [0.05, 0.1) is 0 Å². The van der Waals surface area contributed by atoms with E-state index >= 15 is 0 Å². The molecule has 0 radical (unpaired) electrons. The minimum absolute atomic E-state index is 0.0344. The molecule has 3 nitrogen and oxygen atoms in total. The van der Waals surface area contributed by atoms with Crippen LogP contribution in [0.1, 0.15) is 55.5 Å². The predicted octanol–water partition coefficient (Wildman–Crippen LogP) is 2.93. The molecule has 0 saturated carbocycles. The zero-order valence-electron chi connectivity index (χ0n) is 12.8. The average molecular weight is 274 g/mol. The van der Waals surface area contributed by atoms with Crippen molar-refractivity contribution in [3.05, 3.63) is 35.4 Å². The third-order valence-electron chi connectivity index (χ3n) is 4.20. The summed E-state index contributed by atoms with van der Waals surface area (Å²) >= 11 is 0.